The molecule has 3 unspecified atom stereocenters. The number of hydrogen-bond donors (Lipinski definition) is 1. The molecule has 2 rings (SSSR count). The molecule has 0 aromatic carbocycles. The van der Waals surface area contributed by atoms with Crippen LogP contribution in [-0.4, -0.2) is 25.7 Å². The lowest BCUT2D eigenvalue weighted by atomic mass is 9.70. The van der Waals surface area contributed by atoms with Gasteiger partial charge in [0.15, 0.2) is 0 Å². The summed E-state index contributed by atoms with van der Waals surface area (Å²) in [6, 6.07) is 0.610. The van der Waals surface area contributed by atoms with E-state index in [2.05, 4.69) is 5.32 Å². The molecular formula is C8H13NO2. The zero-order valence-corrected chi connectivity index (χ0v) is 6.67. The van der Waals surface area contributed by atoms with Crippen molar-refractivity contribution in [3.63, 3.8) is 0 Å². The smallest absolute Gasteiger partial charge is 0.309 e. The van der Waals surface area contributed by atoms with Crippen LogP contribution >= 0.6 is 0 Å². The minimum atomic E-state index is -0.0186. The molecule has 1 aliphatic heterocycles. The van der Waals surface area contributed by atoms with Gasteiger partial charge in [0.2, 0.25) is 0 Å². The molecule has 0 radical (unpaired) electrons. The third kappa shape index (κ3) is 0.948. The second kappa shape index (κ2) is 2.48. The second-order valence-corrected chi connectivity index (χ2v) is 3.38. The molecule has 62 valence electrons. The summed E-state index contributed by atoms with van der Waals surface area (Å²) in [6.45, 7) is 1.07. The third-order valence-electron chi connectivity index (χ3n) is 2.93. The summed E-state index contributed by atoms with van der Waals surface area (Å²) in [5.74, 6) is 0.748. The first-order valence-corrected chi connectivity index (χ1v) is 4.14. The summed E-state index contributed by atoms with van der Waals surface area (Å²) in [5, 5.41) is 3.36. The Bertz CT molecular complexity index is 181. The SMILES string of the molecule is COC(=O)C1CC2NCCC21. The highest BCUT2D eigenvalue weighted by Crippen LogP contribution is 2.40. The monoisotopic (exact) mass is 155 g/mol. The van der Waals surface area contributed by atoms with Gasteiger partial charge in [-0.3, -0.25) is 4.79 Å². The Morgan fingerprint density at radius 3 is 3.09 bits per heavy atom. The van der Waals surface area contributed by atoms with Crippen LogP contribution in [-0.2, 0) is 9.53 Å². The molecule has 1 N–H and O–H groups in total. The Labute approximate surface area is 66.1 Å². The molecule has 0 aromatic heterocycles. The maximum absolute atomic E-state index is 11.1. The van der Waals surface area contributed by atoms with Crippen LogP contribution in [0.25, 0.3) is 0 Å². The van der Waals surface area contributed by atoms with Crippen molar-refractivity contribution in [1.82, 2.24) is 5.32 Å². The molecule has 1 saturated carbocycles. The Hall–Kier alpha value is -0.570. The Morgan fingerprint density at radius 2 is 2.45 bits per heavy atom. The van der Waals surface area contributed by atoms with E-state index in [1.165, 1.54) is 7.11 Å². The van der Waals surface area contributed by atoms with Crippen LogP contribution in [0.5, 0.6) is 0 Å². The first-order chi connectivity index (χ1) is 5.33. The van der Waals surface area contributed by atoms with Gasteiger partial charge in [-0.15, -0.1) is 0 Å². The number of methoxy groups -OCH3 is 1. The molecule has 3 nitrogen and oxygen atoms in total. The minimum absolute atomic E-state index is 0.0186. The van der Waals surface area contributed by atoms with Crippen LogP contribution in [0.4, 0.5) is 0 Å². The van der Waals surface area contributed by atoms with Gasteiger partial charge in [0.25, 0.3) is 0 Å². The molecule has 1 saturated heterocycles. The molecule has 0 amide bonds. The molecule has 11 heavy (non-hydrogen) atoms. The summed E-state index contributed by atoms with van der Waals surface area (Å²) in [5.41, 5.74) is 0. The maximum atomic E-state index is 11.1. The number of esters is 1. The lowest BCUT2D eigenvalue weighted by Gasteiger charge is -2.37. The zero-order chi connectivity index (χ0) is 7.84. The third-order valence-corrected chi connectivity index (χ3v) is 2.93. The maximum Gasteiger partial charge on any atom is 0.309 e. The van der Waals surface area contributed by atoms with Gasteiger partial charge in [0.05, 0.1) is 13.0 Å². The van der Waals surface area contributed by atoms with Gasteiger partial charge < -0.3 is 10.1 Å². The average molecular weight is 155 g/mol. The summed E-state index contributed by atoms with van der Waals surface area (Å²) >= 11 is 0. The van der Waals surface area contributed by atoms with Crippen LogP contribution < -0.4 is 5.32 Å². The number of fused-ring (bicyclic) bond motifs is 1. The molecule has 3 heteroatoms. The summed E-state index contributed by atoms with van der Waals surface area (Å²) in [7, 11) is 1.47. The van der Waals surface area contributed by atoms with E-state index < -0.39 is 0 Å². The van der Waals surface area contributed by atoms with Crippen molar-refractivity contribution in [2.45, 2.75) is 18.9 Å². The number of hydrogen-bond acceptors (Lipinski definition) is 3. The number of nitrogens with one attached hydrogen (secondary N) is 1. The van der Waals surface area contributed by atoms with Crippen molar-refractivity contribution in [2.75, 3.05) is 13.7 Å². The Morgan fingerprint density at radius 1 is 1.64 bits per heavy atom. The Balaban J connectivity index is 1.94. The topological polar surface area (TPSA) is 38.3 Å². The van der Waals surface area contributed by atoms with Gasteiger partial charge >= 0.3 is 5.97 Å². The van der Waals surface area contributed by atoms with Crippen LogP contribution in [0.3, 0.4) is 0 Å². The van der Waals surface area contributed by atoms with Crippen molar-refractivity contribution in [1.29, 1.82) is 0 Å². The van der Waals surface area contributed by atoms with Crippen molar-refractivity contribution in [3.8, 4) is 0 Å². The summed E-state index contributed by atoms with van der Waals surface area (Å²) in [6.07, 6.45) is 2.13. The van der Waals surface area contributed by atoms with Gasteiger partial charge in [0, 0.05) is 6.04 Å². The summed E-state index contributed by atoms with van der Waals surface area (Å²) < 4.78 is 4.70. The fraction of sp³-hybridized carbons (Fsp3) is 0.875. The normalized spacial score (nSPS) is 41.0. The van der Waals surface area contributed by atoms with Gasteiger partial charge in [0.1, 0.15) is 0 Å². The molecule has 2 fully saturated rings. The molecular weight excluding hydrogens is 142 g/mol. The molecule has 3 atom stereocenters. The second-order valence-electron chi connectivity index (χ2n) is 3.38. The zero-order valence-electron chi connectivity index (χ0n) is 6.67. The largest absolute Gasteiger partial charge is 0.469 e. The molecule has 1 aliphatic carbocycles. The highest BCUT2D eigenvalue weighted by atomic mass is 16.5. The van der Waals surface area contributed by atoms with E-state index in [0.717, 1.165) is 19.4 Å². The number of rotatable bonds is 1. The number of carbonyl (C=O) groups is 1. The van der Waals surface area contributed by atoms with E-state index in [-0.39, 0.29) is 11.9 Å². The quantitative estimate of drug-likeness (QED) is 0.548. The fourth-order valence-electron chi connectivity index (χ4n) is 2.20. The average Bonchev–Trinajstić information content (AvgIpc) is 2.32. The van der Waals surface area contributed by atoms with E-state index in [1.54, 1.807) is 0 Å². The van der Waals surface area contributed by atoms with Crippen molar-refractivity contribution in [2.24, 2.45) is 11.8 Å². The van der Waals surface area contributed by atoms with Crippen LogP contribution in [0.2, 0.25) is 0 Å². The van der Waals surface area contributed by atoms with Crippen LogP contribution in [0.15, 0.2) is 0 Å². The lowest BCUT2D eigenvalue weighted by molar-refractivity contribution is -0.152. The van der Waals surface area contributed by atoms with E-state index in [9.17, 15) is 4.79 Å². The van der Waals surface area contributed by atoms with E-state index >= 15 is 0 Å². The molecule has 1 heterocycles. The highest BCUT2D eigenvalue weighted by Gasteiger charge is 2.47. The Kier molecular flexibility index (Phi) is 1.60. The molecule has 0 bridgehead atoms. The van der Waals surface area contributed by atoms with Crippen molar-refractivity contribution < 1.29 is 9.53 Å². The first-order valence-electron chi connectivity index (χ1n) is 4.14. The molecule has 2 aliphatic rings. The lowest BCUT2D eigenvalue weighted by Crippen LogP contribution is -2.47. The standard InChI is InChI=1S/C8H13NO2/c1-11-8(10)6-4-7-5(6)2-3-9-7/h5-7,9H,2-4H2,1H3. The van der Waals surface area contributed by atoms with E-state index in [4.69, 9.17) is 4.74 Å². The molecule has 0 spiro atoms. The highest BCUT2D eigenvalue weighted by molar-refractivity contribution is 5.74. The van der Waals surface area contributed by atoms with Gasteiger partial charge in [-0.1, -0.05) is 0 Å². The number of ether oxygens (including phenoxy) is 1. The first kappa shape index (κ1) is 7.10. The summed E-state index contributed by atoms with van der Waals surface area (Å²) in [4.78, 5) is 11.1. The van der Waals surface area contributed by atoms with Crippen molar-refractivity contribution >= 4 is 5.97 Å². The van der Waals surface area contributed by atoms with E-state index in [0.29, 0.717) is 12.0 Å². The van der Waals surface area contributed by atoms with Crippen LogP contribution in [0.1, 0.15) is 12.8 Å². The predicted molar refractivity (Wildman–Crippen MR) is 40.0 cm³/mol. The van der Waals surface area contributed by atoms with Gasteiger partial charge in [-0.2, -0.15) is 0 Å². The van der Waals surface area contributed by atoms with E-state index in [1.807, 2.05) is 0 Å². The van der Waals surface area contributed by atoms with Crippen LogP contribution in [0, 0.1) is 11.8 Å². The fourth-order valence-corrected chi connectivity index (χ4v) is 2.20. The van der Waals surface area contributed by atoms with Gasteiger partial charge in [-0.05, 0) is 25.3 Å². The van der Waals surface area contributed by atoms with Gasteiger partial charge in [-0.25, -0.2) is 0 Å². The minimum Gasteiger partial charge on any atom is -0.469 e. The molecule has 0 aromatic rings. The number of carbonyl (C=O) groups excluding carboxylic acids is 1. The predicted octanol–water partition coefficient (Wildman–Crippen LogP) is 0.157. The van der Waals surface area contributed by atoms with Crippen molar-refractivity contribution in [3.05, 3.63) is 0 Å².